The normalized spacial score (nSPS) is 12.1. The first-order valence-corrected chi connectivity index (χ1v) is 14.7. The molecule has 0 spiro atoms. The van der Waals surface area contributed by atoms with Crippen LogP contribution in [0.15, 0.2) is 152 Å². The first-order valence-electron chi connectivity index (χ1n) is 14.7. The lowest BCUT2D eigenvalue weighted by Crippen LogP contribution is -1.94. The highest BCUT2D eigenvalue weighted by Crippen LogP contribution is 2.40. The van der Waals surface area contributed by atoms with Gasteiger partial charge in [0.25, 0.3) is 0 Å². The van der Waals surface area contributed by atoms with Crippen LogP contribution in [0.1, 0.15) is 12.5 Å². The fourth-order valence-electron chi connectivity index (χ4n) is 6.40. The molecule has 3 nitrogen and oxygen atoms in total. The second-order valence-electron chi connectivity index (χ2n) is 10.8. The summed E-state index contributed by atoms with van der Waals surface area (Å²) < 4.78 is 4.71. The van der Waals surface area contributed by atoms with Gasteiger partial charge in [-0.3, -0.25) is 4.98 Å². The van der Waals surface area contributed by atoms with Crippen LogP contribution in [-0.2, 0) is 0 Å². The lowest BCUT2D eigenvalue weighted by molar-refractivity contribution is 1.17. The fourth-order valence-corrected chi connectivity index (χ4v) is 6.40. The molecule has 0 aliphatic carbocycles. The lowest BCUT2D eigenvalue weighted by Gasteiger charge is -2.11. The number of para-hydroxylation sites is 2. The highest BCUT2D eigenvalue weighted by atomic mass is 15.0. The molecule has 0 aliphatic heterocycles. The molecule has 8 rings (SSSR count). The summed E-state index contributed by atoms with van der Waals surface area (Å²) in [5.41, 5.74) is 11.5. The largest absolute Gasteiger partial charge is 0.309 e. The van der Waals surface area contributed by atoms with Crippen molar-refractivity contribution in [3.63, 3.8) is 0 Å². The van der Waals surface area contributed by atoms with Crippen molar-refractivity contribution in [2.45, 2.75) is 6.92 Å². The first-order chi connectivity index (χ1) is 21.3. The molecule has 0 amide bonds. The van der Waals surface area contributed by atoms with Crippen LogP contribution in [0, 0.1) is 0 Å². The predicted molar refractivity (Wildman–Crippen MR) is 182 cm³/mol. The lowest BCUT2D eigenvalue weighted by atomic mass is 9.99. The number of benzene rings is 5. The van der Waals surface area contributed by atoms with Crippen LogP contribution in [0.5, 0.6) is 0 Å². The molecule has 5 aromatic carbocycles. The molecule has 0 N–H and O–H groups in total. The summed E-state index contributed by atoms with van der Waals surface area (Å²) in [7, 11) is 0. The quantitative estimate of drug-likeness (QED) is 0.195. The molecule has 0 saturated carbocycles. The molecule has 3 aromatic heterocycles. The summed E-state index contributed by atoms with van der Waals surface area (Å²) in [5.74, 6) is 0. The number of pyridine rings is 1. The number of hydrogen-bond acceptors (Lipinski definition) is 1. The highest BCUT2D eigenvalue weighted by Gasteiger charge is 2.18. The third kappa shape index (κ3) is 4.09. The molecule has 3 heterocycles. The molecule has 0 saturated heterocycles. The Kier molecular flexibility index (Phi) is 6.01. The molecule has 0 bridgehead atoms. The predicted octanol–water partition coefficient (Wildman–Crippen LogP) is 10.5. The Bertz CT molecular complexity index is 2330. The SMILES string of the molecule is C/C=C\C=C/c1ccc(-n2c3ccccc3c3ccc(-c4cccc5c4c4ncccc4n5-c4ccccc4)cc32)cc1. The minimum absolute atomic E-state index is 1.01. The Morgan fingerprint density at radius 3 is 2.14 bits per heavy atom. The van der Waals surface area contributed by atoms with Crippen molar-refractivity contribution in [2.75, 3.05) is 0 Å². The highest BCUT2D eigenvalue weighted by molar-refractivity contribution is 6.15. The van der Waals surface area contributed by atoms with E-state index in [0.29, 0.717) is 0 Å². The van der Waals surface area contributed by atoms with E-state index in [-0.39, 0.29) is 0 Å². The van der Waals surface area contributed by atoms with Gasteiger partial charge in [-0.1, -0.05) is 97.1 Å². The number of rotatable bonds is 5. The Hall–Kier alpha value is -5.67. The van der Waals surface area contributed by atoms with E-state index in [2.05, 4.69) is 149 Å². The molecule has 0 aliphatic rings. The van der Waals surface area contributed by atoms with Gasteiger partial charge in [0, 0.05) is 33.7 Å². The maximum Gasteiger partial charge on any atom is 0.0969 e. The average Bonchev–Trinajstić information content (AvgIpc) is 3.58. The Labute approximate surface area is 250 Å². The van der Waals surface area contributed by atoms with Gasteiger partial charge in [-0.25, -0.2) is 0 Å². The number of nitrogens with zero attached hydrogens (tertiary/aromatic N) is 3. The van der Waals surface area contributed by atoms with E-state index in [1.165, 1.54) is 43.9 Å². The molecule has 204 valence electrons. The van der Waals surface area contributed by atoms with Gasteiger partial charge in [-0.2, -0.15) is 0 Å². The van der Waals surface area contributed by atoms with E-state index in [0.717, 1.165) is 27.9 Å². The monoisotopic (exact) mass is 551 g/mol. The molecule has 0 atom stereocenters. The Morgan fingerprint density at radius 2 is 1.28 bits per heavy atom. The number of fused-ring (bicyclic) bond motifs is 6. The van der Waals surface area contributed by atoms with Gasteiger partial charge in [0.05, 0.1) is 27.6 Å². The van der Waals surface area contributed by atoms with E-state index >= 15 is 0 Å². The molecule has 0 fully saturated rings. The molecule has 43 heavy (non-hydrogen) atoms. The second kappa shape index (κ2) is 10.3. The molecule has 0 radical (unpaired) electrons. The summed E-state index contributed by atoms with van der Waals surface area (Å²) in [5, 5.41) is 3.66. The third-order valence-electron chi connectivity index (χ3n) is 8.29. The molecule has 3 heteroatoms. The number of allylic oxidation sites excluding steroid dienone is 3. The molecule has 0 unspecified atom stereocenters. The van der Waals surface area contributed by atoms with E-state index in [4.69, 9.17) is 4.98 Å². The first kappa shape index (κ1) is 25.1. The van der Waals surface area contributed by atoms with Crippen molar-refractivity contribution in [1.29, 1.82) is 0 Å². The van der Waals surface area contributed by atoms with E-state index in [1.807, 2.05) is 25.3 Å². The zero-order valence-electron chi connectivity index (χ0n) is 23.9. The number of hydrogen-bond donors (Lipinski definition) is 0. The van der Waals surface area contributed by atoms with Crippen molar-refractivity contribution in [2.24, 2.45) is 0 Å². The minimum Gasteiger partial charge on any atom is -0.309 e. The maximum absolute atomic E-state index is 4.90. The van der Waals surface area contributed by atoms with Crippen molar-refractivity contribution in [1.82, 2.24) is 14.1 Å². The van der Waals surface area contributed by atoms with Crippen LogP contribution in [0.4, 0.5) is 0 Å². The zero-order valence-corrected chi connectivity index (χ0v) is 23.9. The van der Waals surface area contributed by atoms with Crippen molar-refractivity contribution < 1.29 is 0 Å². The van der Waals surface area contributed by atoms with Crippen LogP contribution in [0.3, 0.4) is 0 Å². The summed E-state index contributed by atoms with van der Waals surface area (Å²) in [6.45, 7) is 2.03. The van der Waals surface area contributed by atoms with Crippen molar-refractivity contribution in [3.8, 4) is 22.5 Å². The minimum atomic E-state index is 1.01. The van der Waals surface area contributed by atoms with E-state index in [9.17, 15) is 0 Å². The summed E-state index contributed by atoms with van der Waals surface area (Å²) in [4.78, 5) is 4.90. The number of aromatic nitrogens is 3. The van der Waals surface area contributed by atoms with Crippen molar-refractivity contribution >= 4 is 49.8 Å². The Morgan fingerprint density at radius 1 is 0.558 bits per heavy atom. The van der Waals surface area contributed by atoms with Gasteiger partial charge in [0.15, 0.2) is 0 Å². The topological polar surface area (TPSA) is 22.8 Å². The summed E-state index contributed by atoms with van der Waals surface area (Å²) >= 11 is 0. The average molecular weight is 552 g/mol. The van der Waals surface area contributed by atoms with Gasteiger partial charge in [0.1, 0.15) is 0 Å². The Balaban J connectivity index is 1.37. The zero-order chi connectivity index (χ0) is 28.8. The maximum atomic E-state index is 4.90. The van der Waals surface area contributed by atoms with Gasteiger partial charge in [-0.05, 0) is 78.2 Å². The van der Waals surface area contributed by atoms with Crippen LogP contribution >= 0.6 is 0 Å². The van der Waals surface area contributed by atoms with Gasteiger partial charge >= 0.3 is 0 Å². The van der Waals surface area contributed by atoms with Crippen LogP contribution in [-0.4, -0.2) is 14.1 Å². The van der Waals surface area contributed by atoms with E-state index in [1.54, 1.807) is 0 Å². The fraction of sp³-hybridized carbons (Fsp3) is 0.0250. The van der Waals surface area contributed by atoms with E-state index < -0.39 is 0 Å². The van der Waals surface area contributed by atoms with Crippen LogP contribution in [0.25, 0.3) is 72.3 Å². The smallest absolute Gasteiger partial charge is 0.0969 e. The van der Waals surface area contributed by atoms with Crippen LogP contribution in [0.2, 0.25) is 0 Å². The standard InChI is InChI=1S/C40H29N3/c1-2-3-5-12-28-20-23-31(24-21-28)42-35-17-9-8-15-33(35)34-25-22-29(27-38(34)42)32-16-10-18-36-39(32)40-37(19-11-26-41-40)43(36)30-13-6-4-7-14-30/h2-27H,1H3/b3-2-,12-5-. The summed E-state index contributed by atoms with van der Waals surface area (Å²) in [6, 6.07) is 45.7. The molecular weight excluding hydrogens is 522 g/mol. The van der Waals surface area contributed by atoms with Crippen LogP contribution < -0.4 is 0 Å². The van der Waals surface area contributed by atoms with Gasteiger partial charge in [0.2, 0.25) is 0 Å². The van der Waals surface area contributed by atoms with Gasteiger partial charge < -0.3 is 9.13 Å². The third-order valence-corrected chi connectivity index (χ3v) is 8.29. The summed E-state index contributed by atoms with van der Waals surface area (Å²) in [6.07, 6.45) is 10.2. The van der Waals surface area contributed by atoms with Crippen molar-refractivity contribution in [3.05, 3.63) is 157 Å². The molecular formula is C40H29N3. The van der Waals surface area contributed by atoms with Gasteiger partial charge in [-0.15, -0.1) is 0 Å². The molecule has 8 aromatic rings. The second-order valence-corrected chi connectivity index (χ2v) is 10.8.